The van der Waals surface area contributed by atoms with Crippen molar-refractivity contribution >= 4 is 45.9 Å². The van der Waals surface area contributed by atoms with Crippen LogP contribution in [0.3, 0.4) is 0 Å². The summed E-state index contributed by atoms with van der Waals surface area (Å²) in [7, 11) is -0.478. The van der Waals surface area contributed by atoms with Crippen molar-refractivity contribution in [3.8, 4) is 0 Å². The molecule has 8 nitrogen and oxygen atoms in total. The van der Waals surface area contributed by atoms with Crippen LogP contribution in [0, 0.1) is 0 Å². The van der Waals surface area contributed by atoms with Crippen LogP contribution in [-0.4, -0.2) is 69.8 Å². The van der Waals surface area contributed by atoms with Crippen molar-refractivity contribution in [2.75, 3.05) is 40.3 Å². The number of carbonyl (C=O) groups excluding carboxylic acids is 1. The minimum Gasteiger partial charge on any atom is -0.357 e. The SMILES string of the molecule is CCNC(=NCc1ccccc1S(=O)(=O)N(C)C)NCCCN1CCCC1=O.I. The standard InChI is InChI=1S/C19H31N5O3S.HI/c1-4-20-19(21-12-8-14-24-13-7-11-18(24)25)22-15-16-9-5-6-10-17(16)28(26,27)23(2)3;/h5-6,9-10H,4,7-8,11-15H2,1-3H3,(H2,20,21,22);1H. The van der Waals surface area contributed by atoms with Crippen LogP contribution >= 0.6 is 24.0 Å². The molecule has 1 aromatic rings. The second kappa shape index (κ2) is 12.3. The Balaban J connectivity index is 0.00000420. The fourth-order valence-electron chi connectivity index (χ4n) is 3.01. The molecule has 1 heterocycles. The number of rotatable bonds is 9. The van der Waals surface area contributed by atoms with Gasteiger partial charge in [-0.05, 0) is 31.4 Å². The number of sulfonamides is 1. The number of nitrogens with one attached hydrogen (secondary N) is 2. The Morgan fingerprint density at radius 1 is 1.24 bits per heavy atom. The zero-order valence-corrected chi connectivity index (χ0v) is 20.5. The molecule has 0 saturated carbocycles. The molecule has 0 unspecified atom stereocenters. The van der Waals surface area contributed by atoms with Crippen LogP contribution < -0.4 is 10.6 Å². The van der Waals surface area contributed by atoms with Crippen LogP contribution in [-0.2, 0) is 21.4 Å². The molecular weight excluding hydrogens is 505 g/mol. The van der Waals surface area contributed by atoms with Crippen LogP contribution in [0.1, 0.15) is 31.7 Å². The van der Waals surface area contributed by atoms with Crippen molar-refractivity contribution < 1.29 is 13.2 Å². The smallest absolute Gasteiger partial charge is 0.242 e. The highest BCUT2D eigenvalue weighted by Crippen LogP contribution is 2.19. The van der Waals surface area contributed by atoms with Crippen LogP contribution in [0.15, 0.2) is 34.2 Å². The molecule has 1 amide bonds. The molecule has 1 aromatic carbocycles. The number of amides is 1. The molecule has 1 aliphatic rings. The lowest BCUT2D eigenvalue weighted by Crippen LogP contribution is -2.39. The van der Waals surface area contributed by atoms with Gasteiger partial charge in [0.05, 0.1) is 11.4 Å². The van der Waals surface area contributed by atoms with Crippen molar-refractivity contribution in [2.45, 2.75) is 37.6 Å². The Kier molecular flexibility index (Phi) is 10.9. The third kappa shape index (κ3) is 7.41. The molecule has 164 valence electrons. The minimum atomic E-state index is -3.52. The molecule has 0 aliphatic carbocycles. The van der Waals surface area contributed by atoms with Crippen molar-refractivity contribution in [3.05, 3.63) is 29.8 Å². The maximum Gasteiger partial charge on any atom is 0.242 e. The Morgan fingerprint density at radius 2 is 1.97 bits per heavy atom. The molecule has 0 radical (unpaired) electrons. The second-order valence-corrected chi connectivity index (χ2v) is 8.98. The van der Waals surface area contributed by atoms with Gasteiger partial charge in [-0.3, -0.25) is 4.79 Å². The summed E-state index contributed by atoms with van der Waals surface area (Å²) in [6, 6.07) is 6.91. The number of guanidine groups is 1. The Morgan fingerprint density at radius 3 is 2.59 bits per heavy atom. The predicted octanol–water partition coefficient (Wildman–Crippen LogP) is 1.62. The highest BCUT2D eigenvalue weighted by Gasteiger charge is 2.21. The van der Waals surface area contributed by atoms with Gasteiger partial charge in [0.25, 0.3) is 0 Å². The van der Waals surface area contributed by atoms with E-state index in [0.717, 1.165) is 25.9 Å². The maximum atomic E-state index is 12.5. The quantitative estimate of drug-likeness (QED) is 0.216. The van der Waals surface area contributed by atoms with E-state index < -0.39 is 10.0 Å². The van der Waals surface area contributed by atoms with E-state index in [-0.39, 0.29) is 41.3 Å². The number of carbonyl (C=O) groups is 1. The van der Waals surface area contributed by atoms with Crippen LogP contribution in [0.4, 0.5) is 0 Å². The van der Waals surface area contributed by atoms with Crippen molar-refractivity contribution in [3.63, 3.8) is 0 Å². The number of halogens is 1. The maximum absolute atomic E-state index is 12.5. The van der Waals surface area contributed by atoms with E-state index in [1.165, 1.54) is 18.4 Å². The van der Waals surface area contributed by atoms with E-state index in [2.05, 4.69) is 15.6 Å². The second-order valence-electron chi connectivity index (χ2n) is 6.85. The Hall–Kier alpha value is -1.40. The Labute approximate surface area is 191 Å². The fourth-order valence-corrected chi connectivity index (χ4v) is 4.11. The first kappa shape index (κ1) is 25.6. The molecular formula is C19H32IN5O3S. The van der Waals surface area contributed by atoms with Crippen molar-refractivity contribution in [2.24, 2.45) is 4.99 Å². The first-order valence-corrected chi connectivity index (χ1v) is 11.1. The first-order valence-electron chi connectivity index (χ1n) is 9.66. The molecule has 1 saturated heterocycles. The number of nitrogens with zero attached hydrogens (tertiary/aromatic N) is 3. The predicted molar refractivity (Wildman–Crippen MR) is 126 cm³/mol. The molecule has 2 rings (SSSR count). The third-order valence-corrected chi connectivity index (χ3v) is 6.47. The highest BCUT2D eigenvalue weighted by molar-refractivity contribution is 14.0. The van der Waals surface area contributed by atoms with Gasteiger partial charge in [0.2, 0.25) is 15.9 Å². The molecule has 29 heavy (non-hydrogen) atoms. The minimum absolute atomic E-state index is 0. The lowest BCUT2D eigenvalue weighted by molar-refractivity contribution is -0.127. The molecule has 1 aliphatic heterocycles. The van der Waals surface area contributed by atoms with Gasteiger partial charge < -0.3 is 15.5 Å². The average Bonchev–Trinajstić information content (AvgIpc) is 3.08. The van der Waals surface area contributed by atoms with E-state index >= 15 is 0 Å². The van der Waals surface area contributed by atoms with Crippen LogP contribution in [0.5, 0.6) is 0 Å². The van der Waals surface area contributed by atoms with Gasteiger partial charge in [0.1, 0.15) is 0 Å². The van der Waals surface area contributed by atoms with Gasteiger partial charge in [-0.1, -0.05) is 18.2 Å². The fraction of sp³-hybridized carbons (Fsp3) is 0.579. The van der Waals surface area contributed by atoms with Gasteiger partial charge in [0.15, 0.2) is 5.96 Å². The first-order chi connectivity index (χ1) is 13.4. The largest absolute Gasteiger partial charge is 0.357 e. The van der Waals surface area contributed by atoms with Gasteiger partial charge in [-0.25, -0.2) is 17.7 Å². The van der Waals surface area contributed by atoms with Gasteiger partial charge in [0, 0.05) is 46.7 Å². The van der Waals surface area contributed by atoms with Gasteiger partial charge in [-0.2, -0.15) is 0 Å². The molecule has 0 atom stereocenters. The molecule has 0 bridgehead atoms. The third-order valence-electron chi connectivity index (χ3n) is 4.55. The number of aliphatic imine (C=N–C) groups is 1. The summed E-state index contributed by atoms with van der Waals surface area (Å²) < 4.78 is 26.2. The number of likely N-dealkylation sites (tertiary alicyclic amines) is 1. The van der Waals surface area contributed by atoms with E-state index in [1.54, 1.807) is 18.2 Å². The number of hydrogen-bond donors (Lipinski definition) is 2. The van der Waals surface area contributed by atoms with E-state index in [1.807, 2.05) is 17.9 Å². The zero-order chi connectivity index (χ0) is 20.6. The summed E-state index contributed by atoms with van der Waals surface area (Å²) in [5, 5.41) is 6.42. The molecule has 2 N–H and O–H groups in total. The van der Waals surface area contributed by atoms with E-state index in [4.69, 9.17) is 0 Å². The topological polar surface area (TPSA) is 94.1 Å². The monoisotopic (exact) mass is 537 g/mol. The van der Waals surface area contributed by atoms with Gasteiger partial charge in [-0.15, -0.1) is 24.0 Å². The lowest BCUT2D eigenvalue weighted by atomic mass is 10.2. The van der Waals surface area contributed by atoms with Gasteiger partial charge >= 0.3 is 0 Å². The number of hydrogen-bond acceptors (Lipinski definition) is 4. The van der Waals surface area contributed by atoms with Crippen molar-refractivity contribution in [1.82, 2.24) is 19.8 Å². The molecule has 1 fully saturated rings. The number of benzene rings is 1. The normalized spacial score (nSPS) is 14.8. The van der Waals surface area contributed by atoms with E-state index in [9.17, 15) is 13.2 Å². The molecule has 0 spiro atoms. The summed E-state index contributed by atoms with van der Waals surface area (Å²) in [4.78, 5) is 18.3. The summed E-state index contributed by atoms with van der Waals surface area (Å²) >= 11 is 0. The summed E-state index contributed by atoms with van der Waals surface area (Å²) in [6.07, 6.45) is 2.44. The Bertz CT molecular complexity index is 799. The van der Waals surface area contributed by atoms with E-state index in [0.29, 0.717) is 31.0 Å². The lowest BCUT2D eigenvalue weighted by Gasteiger charge is -2.17. The van der Waals surface area contributed by atoms with Crippen LogP contribution in [0.2, 0.25) is 0 Å². The summed E-state index contributed by atoms with van der Waals surface area (Å²) in [5.74, 6) is 0.867. The summed E-state index contributed by atoms with van der Waals surface area (Å²) in [6.45, 7) is 5.22. The highest BCUT2D eigenvalue weighted by atomic mass is 127. The average molecular weight is 537 g/mol. The molecule has 10 heteroatoms. The summed E-state index contributed by atoms with van der Waals surface area (Å²) in [5.41, 5.74) is 0.649. The van der Waals surface area contributed by atoms with Crippen LogP contribution in [0.25, 0.3) is 0 Å². The molecule has 0 aromatic heterocycles. The van der Waals surface area contributed by atoms with Crippen molar-refractivity contribution in [1.29, 1.82) is 0 Å². The zero-order valence-electron chi connectivity index (χ0n) is 17.3.